The van der Waals surface area contributed by atoms with E-state index in [-0.39, 0.29) is 17.6 Å². The van der Waals surface area contributed by atoms with Gasteiger partial charge in [0.05, 0.1) is 12.6 Å². The summed E-state index contributed by atoms with van der Waals surface area (Å²) in [5, 5.41) is 0. The normalized spacial score (nSPS) is 30.7. The summed E-state index contributed by atoms with van der Waals surface area (Å²) < 4.78 is 4.93. The molecular formula is C15H23NO3. The molecule has 1 amide bonds. The lowest BCUT2D eigenvalue weighted by atomic mass is 9.65. The van der Waals surface area contributed by atoms with Crippen LogP contribution in [0.3, 0.4) is 0 Å². The highest BCUT2D eigenvalue weighted by Crippen LogP contribution is 2.45. The van der Waals surface area contributed by atoms with E-state index in [1.807, 2.05) is 11.0 Å². The second kappa shape index (κ2) is 5.76. The third-order valence-corrected chi connectivity index (χ3v) is 4.69. The Bertz CT molecular complexity index is 380. The number of Topliss-reactive ketones (excluding diaryl/α,β-unsaturated/α-hetero) is 1. The molecule has 1 aliphatic carbocycles. The zero-order chi connectivity index (χ0) is 13.9. The fraction of sp³-hybridized carbons (Fsp3) is 0.733. The highest BCUT2D eigenvalue weighted by atomic mass is 16.5. The molecule has 2 atom stereocenters. The summed E-state index contributed by atoms with van der Waals surface area (Å²) in [5.41, 5.74) is -0.325. The number of amides is 1. The fourth-order valence-corrected chi connectivity index (χ4v) is 3.79. The van der Waals surface area contributed by atoms with Crippen molar-refractivity contribution in [1.29, 1.82) is 0 Å². The number of hydrogen-bond donors (Lipinski definition) is 0. The standard InChI is InChI=1S/C15H23NO3/c1-3-4-9-15-10-6-5-7-12(15)13(17)8-11-16(15)14(18)19-2/h3,12H,1,4-11H2,2H3/t12-,15-/m0/s1. The molecule has 1 heterocycles. The Hall–Kier alpha value is -1.32. The fourth-order valence-electron chi connectivity index (χ4n) is 3.79. The Labute approximate surface area is 114 Å². The number of hydrogen-bond acceptors (Lipinski definition) is 3. The van der Waals surface area contributed by atoms with Crippen molar-refractivity contribution in [2.75, 3.05) is 13.7 Å². The van der Waals surface area contributed by atoms with Crippen molar-refractivity contribution in [1.82, 2.24) is 4.90 Å². The number of nitrogens with zero attached hydrogens (tertiary/aromatic N) is 1. The van der Waals surface area contributed by atoms with Gasteiger partial charge in [-0.25, -0.2) is 4.79 Å². The minimum Gasteiger partial charge on any atom is -0.453 e. The van der Waals surface area contributed by atoms with Crippen LogP contribution in [0.25, 0.3) is 0 Å². The quantitative estimate of drug-likeness (QED) is 0.737. The van der Waals surface area contributed by atoms with Gasteiger partial charge in [0.1, 0.15) is 5.78 Å². The van der Waals surface area contributed by atoms with E-state index in [0.29, 0.717) is 18.7 Å². The molecule has 4 heteroatoms. The van der Waals surface area contributed by atoms with Crippen molar-refractivity contribution in [3.8, 4) is 0 Å². The van der Waals surface area contributed by atoms with Gasteiger partial charge in [0.25, 0.3) is 0 Å². The van der Waals surface area contributed by atoms with E-state index in [1.165, 1.54) is 7.11 Å². The summed E-state index contributed by atoms with van der Waals surface area (Å²) in [6.07, 6.45) is 7.68. The van der Waals surface area contributed by atoms with Crippen LogP contribution in [0.2, 0.25) is 0 Å². The van der Waals surface area contributed by atoms with Crippen LogP contribution in [-0.4, -0.2) is 36.0 Å². The van der Waals surface area contributed by atoms with Crippen LogP contribution in [0.15, 0.2) is 12.7 Å². The zero-order valence-corrected chi connectivity index (χ0v) is 11.7. The van der Waals surface area contributed by atoms with Crippen molar-refractivity contribution in [2.24, 2.45) is 5.92 Å². The van der Waals surface area contributed by atoms with Gasteiger partial charge in [-0.1, -0.05) is 18.9 Å². The van der Waals surface area contributed by atoms with Crippen LogP contribution in [-0.2, 0) is 9.53 Å². The lowest BCUT2D eigenvalue weighted by Gasteiger charge is -2.53. The molecule has 2 aliphatic rings. The van der Waals surface area contributed by atoms with E-state index < -0.39 is 0 Å². The summed E-state index contributed by atoms with van der Waals surface area (Å²) in [6, 6.07) is 0. The predicted octanol–water partition coefficient (Wildman–Crippen LogP) is 2.92. The van der Waals surface area contributed by atoms with Crippen LogP contribution in [0.1, 0.15) is 44.9 Å². The molecule has 4 nitrogen and oxygen atoms in total. The monoisotopic (exact) mass is 265 g/mol. The van der Waals surface area contributed by atoms with Crippen LogP contribution < -0.4 is 0 Å². The van der Waals surface area contributed by atoms with Gasteiger partial charge in [0.2, 0.25) is 0 Å². The van der Waals surface area contributed by atoms with Crippen LogP contribution in [0.4, 0.5) is 4.79 Å². The average molecular weight is 265 g/mol. The Morgan fingerprint density at radius 1 is 1.58 bits per heavy atom. The first kappa shape index (κ1) is 14.1. The van der Waals surface area contributed by atoms with Gasteiger partial charge >= 0.3 is 6.09 Å². The number of ketones is 1. The second-order valence-electron chi connectivity index (χ2n) is 5.57. The lowest BCUT2D eigenvalue weighted by Crippen LogP contribution is -2.63. The molecule has 0 aromatic rings. The van der Waals surface area contributed by atoms with Crippen molar-refractivity contribution >= 4 is 11.9 Å². The number of carbonyl (C=O) groups is 2. The molecule has 2 rings (SSSR count). The van der Waals surface area contributed by atoms with E-state index in [4.69, 9.17) is 4.74 Å². The largest absolute Gasteiger partial charge is 0.453 e. The van der Waals surface area contributed by atoms with Crippen LogP contribution in [0.5, 0.6) is 0 Å². The van der Waals surface area contributed by atoms with Crippen molar-refractivity contribution in [2.45, 2.75) is 50.5 Å². The van der Waals surface area contributed by atoms with Gasteiger partial charge in [-0.15, -0.1) is 6.58 Å². The summed E-state index contributed by atoms with van der Waals surface area (Å²) >= 11 is 0. The van der Waals surface area contributed by atoms with Gasteiger partial charge in [-0.05, 0) is 25.7 Å². The number of piperidine rings is 1. The van der Waals surface area contributed by atoms with Crippen LogP contribution >= 0.6 is 0 Å². The maximum Gasteiger partial charge on any atom is 0.409 e. The maximum absolute atomic E-state index is 12.2. The lowest BCUT2D eigenvalue weighted by molar-refractivity contribution is -0.136. The maximum atomic E-state index is 12.2. The zero-order valence-electron chi connectivity index (χ0n) is 11.7. The molecule has 19 heavy (non-hydrogen) atoms. The minimum absolute atomic E-state index is 0.00551. The highest BCUT2D eigenvalue weighted by Gasteiger charge is 2.52. The van der Waals surface area contributed by atoms with Gasteiger partial charge < -0.3 is 9.64 Å². The number of ether oxygens (including phenoxy) is 1. The molecule has 0 bridgehead atoms. The van der Waals surface area contributed by atoms with Crippen molar-refractivity contribution in [3.63, 3.8) is 0 Å². The van der Waals surface area contributed by atoms with Gasteiger partial charge in [0, 0.05) is 18.9 Å². The van der Waals surface area contributed by atoms with E-state index in [9.17, 15) is 9.59 Å². The topological polar surface area (TPSA) is 46.6 Å². The molecule has 0 aromatic heterocycles. The Morgan fingerprint density at radius 3 is 3.05 bits per heavy atom. The molecule has 2 fully saturated rings. The Balaban J connectivity index is 2.33. The first-order chi connectivity index (χ1) is 9.15. The number of carbonyl (C=O) groups excluding carboxylic acids is 2. The average Bonchev–Trinajstić information content (AvgIpc) is 2.45. The number of methoxy groups -OCH3 is 1. The molecule has 0 aromatic carbocycles. The number of fused-ring (bicyclic) bond motifs is 1. The van der Waals surface area contributed by atoms with Crippen LogP contribution in [0, 0.1) is 5.92 Å². The molecule has 1 aliphatic heterocycles. The highest BCUT2D eigenvalue weighted by molar-refractivity contribution is 5.86. The van der Waals surface area contributed by atoms with E-state index >= 15 is 0 Å². The third kappa shape index (κ3) is 2.40. The molecule has 0 unspecified atom stereocenters. The SMILES string of the molecule is C=CCC[C@]12CCCC[C@H]1C(=O)CCN2C(=O)OC. The number of likely N-dealkylation sites (tertiary alicyclic amines) is 1. The number of allylic oxidation sites excluding steroid dienone is 1. The van der Waals surface area contributed by atoms with Gasteiger partial charge in [-0.2, -0.15) is 0 Å². The molecule has 106 valence electrons. The third-order valence-electron chi connectivity index (χ3n) is 4.69. The molecule has 0 N–H and O–H groups in total. The van der Waals surface area contributed by atoms with E-state index in [2.05, 4.69) is 6.58 Å². The van der Waals surface area contributed by atoms with Gasteiger partial charge in [0.15, 0.2) is 0 Å². The molecule has 0 spiro atoms. The Morgan fingerprint density at radius 2 is 2.37 bits per heavy atom. The van der Waals surface area contributed by atoms with Gasteiger partial charge in [-0.3, -0.25) is 4.79 Å². The minimum atomic E-state index is -0.325. The van der Waals surface area contributed by atoms with Crippen molar-refractivity contribution < 1.29 is 14.3 Å². The first-order valence-electron chi connectivity index (χ1n) is 7.15. The molecule has 1 saturated heterocycles. The smallest absolute Gasteiger partial charge is 0.409 e. The summed E-state index contributed by atoms with van der Waals surface area (Å²) in [5.74, 6) is 0.318. The summed E-state index contributed by atoms with van der Waals surface area (Å²) in [7, 11) is 1.41. The van der Waals surface area contributed by atoms with E-state index in [1.54, 1.807) is 0 Å². The number of rotatable bonds is 3. The predicted molar refractivity (Wildman–Crippen MR) is 72.9 cm³/mol. The summed E-state index contributed by atoms with van der Waals surface area (Å²) in [4.78, 5) is 26.1. The molecular weight excluding hydrogens is 242 g/mol. The van der Waals surface area contributed by atoms with E-state index in [0.717, 1.165) is 38.5 Å². The molecule has 1 saturated carbocycles. The second-order valence-corrected chi connectivity index (χ2v) is 5.57. The first-order valence-corrected chi connectivity index (χ1v) is 7.15. The van der Waals surface area contributed by atoms with Crippen molar-refractivity contribution in [3.05, 3.63) is 12.7 Å². The summed E-state index contributed by atoms with van der Waals surface area (Å²) in [6.45, 7) is 4.27. The molecule has 0 radical (unpaired) electrons. The Kier molecular flexibility index (Phi) is 4.27.